The van der Waals surface area contributed by atoms with E-state index in [-0.39, 0.29) is 0 Å². The first-order valence-electron chi connectivity index (χ1n) is 7.56. The van der Waals surface area contributed by atoms with Crippen LogP contribution in [0.1, 0.15) is 44.9 Å². The van der Waals surface area contributed by atoms with Crippen molar-refractivity contribution in [3.8, 4) is 0 Å². The lowest BCUT2D eigenvalue weighted by Gasteiger charge is -2.40. The Morgan fingerprint density at radius 1 is 0.944 bits per heavy atom. The van der Waals surface area contributed by atoms with Crippen molar-refractivity contribution in [2.45, 2.75) is 57.0 Å². The second-order valence-corrected chi connectivity index (χ2v) is 5.83. The maximum Gasteiger partial charge on any atom is 0.0467 e. The van der Waals surface area contributed by atoms with Crippen molar-refractivity contribution < 1.29 is 0 Å². The van der Waals surface area contributed by atoms with E-state index in [1.54, 1.807) is 0 Å². The Kier molecular flexibility index (Phi) is 3.89. The molecule has 0 amide bonds. The average Bonchev–Trinajstić information content (AvgIpc) is 2.93. The number of aromatic nitrogens is 1. The molecule has 2 fully saturated rings. The van der Waals surface area contributed by atoms with Gasteiger partial charge < -0.3 is 10.7 Å². The van der Waals surface area contributed by atoms with Crippen molar-refractivity contribution in [2.75, 3.05) is 12.0 Å². The molecule has 0 bridgehead atoms. The minimum absolute atomic E-state index is 0.641. The van der Waals surface area contributed by atoms with Gasteiger partial charge in [-0.3, -0.25) is 4.68 Å². The topological polar surface area (TPSA) is 29.0 Å². The highest BCUT2D eigenvalue weighted by Gasteiger charge is 2.32. The van der Waals surface area contributed by atoms with Crippen molar-refractivity contribution in [1.29, 1.82) is 0 Å². The van der Waals surface area contributed by atoms with Gasteiger partial charge in [0.25, 0.3) is 0 Å². The summed E-state index contributed by atoms with van der Waals surface area (Å²) in [5.74, 6) is 0.807. The predicted octanol–water partition coefficient (Wildman–Crippen LogP) is 2.73. The van der Waals surface area contributed by atoms with Gasteiger partial charge in [0.1, 0.15) is 0 Å². The molecule has 18 heavy (non-hydrogen) atoms. The van der Waals surface area contributed by atoms with E-state index in [9.17, 15) is 0 Å². The molecular formula is C15H25N3. The van der Waals surface area contributed by atoms with Crippen molar-refractivity contribution in [3.63, 3.8) is 0 Å². The molecule has 2 N–H and O–H groups in total. The zero-order valence-electron chi connectivity index (χ0n) is 11.1. The summed E-state index contributed by atoms with van der Waals surface area (Å²) < 4.78 is 2.13. The molecule has 2 aliphatic rings. The second-order valence-electron chi connectivity index (χ2n) is 5.83. The van der Waals surface area contributed by atoms with Crippen LogP contribution in [0.4, 0.5) is 0 Å². The second kappa shape index (κ2) is 5.79. The lowest BCUT2D eigenvalue weighted by Crippen LogP contribution is -2.49. The van der Waals surface area contributed by atoms with E-state index in [0.717, 1.165) is 12.0 Å². The van der Waals surface area contributed by atoms with Gasteiger partial charge in [-0.15, -0.1) is 0 Å². The first-order chi connectivity index (χ1) is 8.93. The molecule has 1 aromatic heterocycles. The molecule has 0 spiro atoms. The molecule has 3 nitrogen and oxygen atoms in total. The van der Waals surface area contributed by atoms with Crippen LogP contribution in [0, 0.1) is 5.92 Å². The van der Waals surface area contributed by atoms with Crippen LogP contribution in [0.2, 0.25) is 0 Å². The number of nitrogens with one attached hydrogen (secondary N) is 2. The number of piperidine rings is 1. The van der Waals surface area contributed by atoms with E-state index < -0.39 is 0 Å². The minimum Gasteiger partial charge on any atom is -0.323 e. The minimum atomic E-state index is 0.641. The van der Waals surface area contributed by atoms with Crippen LogP contribution in [0.5, 0.6) is 0 Å². The zero-order valence-corrected chi connectivity index (χ0v) is 11.1. The summed E-state index contributed by atoms with van der Waals surface area (Å²) >= 11 is 0. The van der Waals surface area contributed by atoms with Gasteiger partial charge >= 0.3 is 0 Å². The Bertz CT molecular complexity index is 341. The number of hydrogen-bond donors (Lipinski definition) is 2. The molecule has 3 atom stereocenters. The first kappa shape index (κ1) is 12.1. The molecule has 3 unspecified atom stereocenters. The van der Waals surface area contributed by atoms with E-state index in [1.165, 1.54) is 51.5 Å². The molecular weight excluding hydrogens is 222 g/mol. The molecule has 1 saturated heterocycles. The van der Waals surface area contributed by atoms with Crippen LogP contribution in [0.25, 0.3) is 0 Å². The van der Waals surface area contributed by atoms with E-state index in [0.29, 0.717) is 6.04 Å². The summed E-state index contributed by atoms with van der Waals surface area (Å²) in [6.45, 7) is 1.22. The van der Waals surface area contributed by atoms with Gasteiger partial charge in [-0.1, -0.05) is 19.3 Å². The van der Waals surface area contributed by atoms with Gasteiger partial charge in [-0.2, -0.15) is 0 Å². The molecule has 1 saturated carbocycles. The average molecular weight is 247 g/mol. The van der Waals surface area contributed by atoms with E-state index in [2.05, 4.69) is 39.9 Å². The van der Waals surface area contributed by atoms with Gasteiger partial charge in [0.15, 0.2) is 0 Å². The van der Waals surface area contributed by atoms with E-state index in [4.69, 9.17) is 0 Å². The quantitative estimate of drug-likeness (QED) is 0.860. The van der Waals surface area contributed by atoms with E-state index in [1.807, 2.05) is 0 Å². The molecule has 2 heterocycles. The summed E-state index contributed by atoms with van der Waals surface area (Å²) in [7, 11) is 0. The highest BCUT2D eigenvalue weighted by atomic mass is 15.4. The molecule has 0 aromatic carbocycles. The van der Waals surface area contributed by atoms with Crippen LogP contribution >= 0.6 is 0 Å². The summed E-state index contributed by atoms with van der Waals surface area (Å²) in [5, 5.41) is 3.75. The third-order valence-corrected chi connectivity index (χ3v) is 4.60. The molecule has 100 valence electrons. The lowest BCUT2D eigenvalue weighted by atomic mass is 9.77. The molecule has 3 heteroatoms. The number of rotatable bonds is 3. The molecule has 1 aliphatic heterocycles. The fraction of sp³-hybridized carbons (Fsp3) is 0.733. The Morgan fingerprint density at radius 2 is 1.72 bits per heavy atom. The van der Waals surface area contributed by atoms with Crippen molar-refractivity contribution >= 4 is 0 Å². The third-order valence-electron chi connectivity index (χ3n) is 4.60. The smallest absolute Gasteiger partial charge is 0.0467 e. The van der Waals surface area contributed by atoms with Crippen LogP contribution < -0.4 is 10.7 Å². The Morgan fingerprint density at radius 3 is 2.50 bits per heavy atom. The Hall–Kier alpha value is -0.960. The van der Waals surface area contributed by atoms with Crippen molar-refractivity contribution in [3.05, 3.63) is 24.5 Å². The predicted molar refractivity (Wildman–Crippen MR) is 75.2 cm³/mol. The fourth-order valence-corrected chi connectivity index (χ4v) is 3.66. The lowest BCUT2D eigenvalue weighted by molar-refractivity contribution is 0.210. The fourth-order valence-electron chi connectivity index (χ4n) is 3.66. The van der Waals surface area contributed by atoms with Gasteiger partial charge in [0.2, 0.25) is 0 Å². The zero-order chi connectivity index (χ0) is 12.2. The SMILES string of the molecule is c1ccn(NC2CCCCC2C2CCCCN2)c1. The normalized spacial score (nSPS) is 33.2. The highest BCUT2D eigenvalue weighted by Crippen LogP contribution is 2.30. The summed E-state index contributed by atoms with van der Waals surface area (Å²) in [6.07, 6.45) is 13.9. The summed E-state index contributed by atoms with van der Waals surface area (Å²) in [6, 6.07) is 5.56. The van der Waals surface area contributed by atoms with E-state index >= 15 is 0 Å². The van der Waals surface area contributed by atoms with Gasteiger partial charge in [-0.05, 0) is 50.3 Å². The van der Waals surface area contributed by atoms with Crippen molar-refractivity contribution in [2.24, 2.45) is 5.92 Å². The summed E-state index contributed by atoms with van der Waals surface area (Å²) in [4.78, 5) is 0. The van der Waals surface area contributed by atoms with Crippen LogP contribution in [0.15, 0.2) is 24.5 Å². The highest BCUT2D eigenvalue weighted by molar-refractivity contribution is 5.00. The maximum absolute atomic E-state index is 3.75. The molecule has 1 aliphatic carbocycles. The number of nitrogens with zero attached hydrogens (tertiary/aromatic N) is 1. The van der Waals surface area contributed by atoms with Crippen LogP contribution in [0.3, 0.4) is 0 Å². The largest absolute Gasteiger partial charge is 0.323 e. The van der Waals surface area contributed by atoms with Crippen molar-refractivity contribution in [1.82, 2.24) is 9.99 Å². The number of hydrogen-bond acceptors (Lipinski definition) is 2. The first-order valence-corrected chi connectivity index (χ1v) is 7.56. The standard InChI is InChI=1S/C15H25N3/c1-2-9-15(17-18-11-5-6-12-18)13(7-1)14-8-3-4-10-16-14/h5-6,11-17H,1-4,7-10H2. The Labute approximate surface area is 110 Å². The van der Waals surface area contributed by atoms with Gasteiger partial charge in [-0.25, -0.2) is 0 Å². The third kappa shape index (κ3) is 2.72. The van der Waals surface area contributed by atoms with Crippen LogP contribution in [-0.2, 0) is 0 Å². The summed E-state index contributed by atoms with van der Waals surface area (Å²) in [5.41, 5.74) is 3.68. The molecule has 0 radical (unpaired) electrons. The van der Waals surface area contributed by atoms with Gasteiger partial charge in [0, 0.05) is 24.5 Å². The van der Waals surface area contributed by atoms with Crippen LogP contribution in [-0.4, -0.2) is 23.3 Å². The monoisotopic (exact) mass is 247 g/mol. The molecule has 1 aromatic rings. The molecule has 3 rings (SSSR count). The maximum atomic E-state index is 3.75. The van der Waals surface area contributed by atoms with Gasteiger partial charge in [0.05, 0.1) is 0 Å². The Balaban J connectivity index is 1.65.